The van der Waals surface area contributed by atoms with Crippen LogP contribution in [0, 0.1) is 10.1 Å². The highest BCUT2D eigenvalue weighted by molar-refractivity contribution is 5.91. The Labute approximate surface area is 121 Å². The lowest BCUT2D eigenvalue weighted by Gasteiger charge is -1.99. The normalized spacial score (nSPS) is 10.7. The van der Waals surface area contributed by atoms with Crippen molar-refractivity contribution < 1.29 is 9.72 Å². The van der Waals surface area contributed by atoms with Gasteiger partial charge in [0, 0.05) is 43.6 Å². The number of nitro benzene ring substituents is 1. The molecule has 0 spiro atoms. The number of rotatable bonds is 5. The van der Waals surface area contributed by atoms with Crippen LogP contribution in [0.3, 0.4) is 0 Å². The van der Waals surface area contributed by atoms with Crippen LogP contribution in [0.2, 0.25) is 0 Å². The number of nitro groups is 1. The highest BCUT2D eigenvalue weighted by Gasteiger charge is 2.03. The first-order valence-electron chi connectivity index (χ1n) is 6.22. The average molecular weight is 286 g/mol. The molecule has 0 saturated carbocycles. The van der Waals surface area contributed by atoms with E-state index in [9.17, 15) is 14.9 Å². The summed E-state index contributed by atoms with van der Waals surface area (Å²) in [5.41, 5.74) is 1.65. The lowest BCUT2D eigenvalue weighted by Crippen LogP contribution is -2.19. The number of non-ortho nitro benzene ring substituents is 1. The van der Waals surface area contributed by atoms with Gasteiger partial charge in [-0.3, -0.25) is 19.6 Å². The molecule has 0 fully saturated rings. The smallest absolute Gasteiger partial charge is 0.269 e. The van der Waals surface area contributed by atoms with Crippen LogP contribution < -0.4 is 5.32 Å². The van der Waals surface area contributed by atoms with E-state index in [2.05, 4.69) is 10.4 Å². The maximum Gasteiger partial charge on any atom is 0.269 e. The summed E-state index contributed by atoms with van der Waals surface area (Å²) in [6.45, 7) is 0.400. The fourth-order valence-electron chi connectivity index (χ4n) is 1.69. The summed E-state index contributed by atoms with van der Waals surface area (Å²) in [6, 6.07) is 5.96. The largest absolute Gasteiger partial charge is 0.348 e. The first-order chi connectivity index (χ1) is 10.0. The maximum absolute atomic E-state index is 11.6. The number of nitrogens with one attached hydrogen (secondary N) is 1. The van der Waals surface area contributed by atoms with Crippen molar-refractivity contribution in [2.75, 3.05) is 0 Å². The summed E-state index contributed by atoms with van der Waals surface area (Å²) in [5.74, 6) is -0.239. The molecular weight excluding hydrogens is 272 g/mol. The van der Waals surface area contributed by atoms with Gasteiger partial charge in [-0.2, -0.15) is 5.10 Å². The molecule has 21 heavy (non-hydrogen) atoms. The highest BCUT2D eigenvalue weighted by Crippen LogP contribution is 2.12. The molecule has 0 atom stereocenters. The van der Waals surface area contributed by atoms with Gasteiger partial charge in [0.1, 0.15) is 0 Å². The molecule has 1 heterocycles. The molecule has 1 N–H and O–H groups in total. The summed E-state index contributed by atoms with van der Waals surface area (Å²) in [5, 5.41) is 17.2. The molecular formula is C14H14N4O3. The van der Waals surface area contributed by atoms with E-state index in [1.807, 2.05) is 6.20 Å². The first-order valence-corrected chi connectivity index (χ1v) is 6.22. The Morgan fingerprint density at radius 2 is 2.14 bits per heavy atom. The van der Waals surface area contributed by atoms with Crippen molar-refractivity contribution in [1.29, 1.82) is 0 Å². The minimum atomic E-state index is -0.464. The monoisotopic (exact) mass is 286 g/mol. The van der Waals surface area contributed by atoms with E-state index in [1.54, 1.807) is 36.1 Å². The van der Waals surface area contributed by atoms with E-state index < -0.39 is 4.92 Å². The SMILES string of the molecule is Cn1cc(CNC(=O)C=Cc2ccc([N+](=O)[O-])cc2)cn1. The first kappa shape index (κ1) is 14.4. The number of hydrogen-bond donors (Lipinski definition) is 1. The van der Waals surface area contributed by atoms with E-state index in [1.165, 1.54) is 18.2 Å². The van der Waals surface area contributed by atoms with Crippen LogP contribution in [0.1, 0.15) is 11.1 Å². The molecule has 0 aliphatic heterocycles. The van der Waals surface area contributed by atoms with Gasteiger partial charge in [0.15, 0.2) is 0 Å². The number of nitrogens with zero attached hydrogens (tertiary/aromatic N) is 3. The summed E-state index contributed by atoms with van der Waals surface area (Å²) in [7, 11) is 1.81. The fraction of sp³-hybridized carbons (Fsp3) is 0.143. The molecule has 1 aromatic carbocycles. The minimum absolute atomic E-state index is 0.0215. The Bertz CT molecular complexity index is 674. The van der Waals surface area contributed by atoms with Crippen LogP contribution in [0.4, 0.5) is 5.69 Å². The summed E-state index contributed by atoms with van der Waals surface area (Å²) in [6.07, 6.45) is 6.49. The van der Waals surface area contributed by atoms with Gasteiger partial charge < -0.3 is 5.32 Å². The number of carbonyl (C=O) groups excluding carboxylic acids is 1. The van der Waals surface area contributed by atoms with Crippen LogP contribution in [0.5, 0.6) is 0 Å². The molecule has 0 saturated heterocycles. The zero-order chi connectivity index (χ0) is 15.2. The lowest BCUT2D eigenvalue weighted by atomic mass is 10.2. The Balaban J connectivity index is 1.88. The second kappa shape index (κ2) is 6.47. The highest BCUT2D eigenvalue weighted by atomic mass is 16.6. The molecule has 1 aromatic heterocycles. The standard InChI is InChI=1S/C14H14N4O3/c1-17-10-12(9-16-17)8-15-14(19)7-4-11-2-5-13(6-3-11)18(20)21/h2-7,9-10H,8H2,1H3,(H,15,19). The molecule has 108 valence electrons. The number of hydrogen-bond acceptors (Lipinski definition) is 4. The van der Waals surface area contributed by atoms with E-state index in [0.717, 1.165) is 11.1 Å². The second-order valence-electron chi connectivity index (χ2n) is 4.42. The third-order valence-corrected chi connectivity index (χ3v) is 2.76. The van der Waals surface area contributed by atoms with Crippen molar-refractivity contribution in [3.8, 4) is 0 Å². The lowest BCUT2D eigenvalue weighted by molar-refractivity contribution is -0.384. The quantitative estimate of drug-likeness (QED) is 0.514. The summed E-state index contributed by atoms with van der Waals surface area (Å²) < 4.78 is 1.66. The van der Waals surface area contributed by atoms with Crippen molar-refractivity contribution in [3.63, 3.8) is 0 Å². The van der Waals surface area contributed by atoms with Gasteiger partial charge in [0.25, 0.3) is 5.69 Å². The van der Waals surface area contributed by atoms with Gasteiger partial charge in [-0.1, -0.05) is 0 Å². The van der Waals surface area contributed by atoms with E-state index in [-0.39, 0.29) is 11.6 Å². The zero-order valence-electron chi connectivity index (χ0n) is 11.4. The van der Waals surface area contributed by atoms with Crippen molar-refractivity contribution in [1.82, 2.24) is 15.1 Å². The van der Waals surface area contributed by atoms with E-state index in [0.29, 0.717) is 6.54 Å². The number of aryl methyl sites for hydroxylation is 1. The Morgan fingerprint density at radius 3 is 2.71 bits per heavy atom. The van der Waals surface area contributed by atoms with Crippen LogP contribution in [0.15, 0.2) is 42.7 Å². The topological polar surface area (TPSA) is 90.1 Å². The van der Waals surface area contributed by atoms with Crippen molar-refractivity contribution in [2.45, 2.75) is 6.54 Å². The van der Waals surface area contributed by atoms with E-state index >= 15 is 0 Å². The maximum atomic E-state index is 11.6. The van der Waals surface area contributed by atoms with Gasteiger partial charge in [-0.05, 0) is 23.8 Å². The van der Waals surface area contributed by atoms with Gasteiger partial charge in [-0.25, -0.2) is 0 Å². The number of amides is 1. The summed E-state index contributed by atoms with van der Waals surface area (Å²) >= 11 is 0. The molecule has 1 amide bonds. The zero-order valence-corrected chi connectivity index (χ0v) is 11.4. The molecule has 7 heteroatoms. The van der Waals surface area contributed by atoms with Crippen LogP contribution in [-0.2, 0) is 18.4 Å². The minimum Gasteiger partial charge on any atom is -0.348 e. The second-order valence-corrected chi connectivity index (χ2v) is 4.42. The van der Waals surface area contributed by atoms with Gasteiger partial charge >= 0.3 is 0 Å². The molecule has 0 bridgehead atoms. The third kappa shape index (κ3) is 4.27. The van der Waals surface area contributed by atoms with Crippen molar-refractivity contribution >= 4 is 17.7 Å². The molecule has 0 unspecified atom stereocenters. The predicted molar refractivity (Wildman–Crippen MR) is 77.2 cm³/mol. The van der Waals surface area contributed by atoms with Gasteiger partial charge in [0.2, 0.25) is 5.91 Å². The van der Waals surface area contributed by atoms with Gasteiger partial charge in [-0.15, -0.1) is 0 Å². The number of benzene rings is 1. The molecule has 0 aliphatic rings. The van der Waals surface area contributed by atoms with E-state index in [4.69, 9.17) is 0 Å². The van der Waals surface area contributed by atoms with Crippen molar-refractivity contribution in [2.24, 2.45) is 7.05 Å². The molecule has 7 nitrogen and oxygen atoms in total. The number of aromatic nitrogens is 2. The Morgan fingerprint density at radius 1 is 1.43 bits per heavy atom. The van der Waals surface area contributed by atoms with Crippen molar-refractivity contribution in [3.05, 3.63) is 64.0 Å². The van der Waals surface area contributed by atoms with Crippen LogP contribution in [0.25, 0.3) is 6.08 Å². The van der Waals surface area contributed by atoms with Gasteiger partial charge in [0.05, 0.1) is 11.1 Å². The summed E-state index contributed by atoms with van der Waals surface area (Å²) in [4.78, 5) is 21.7. The molecule has 2 rings (SSSR count). The average Bonchev–Trinajstić information content (AvgIpc) is 2.89. The van der Waals surface area contributed by atoms with Crippen LogP contribution >= 0.6 is 0 Å². The molecule has 0 radical (unpaired) electrons. The van der Waals surface area contributed by atoms with Crippen LogP contribution in [-0.4, -0.2) is 20.6 Å². The third-order valence-electron chi connectivity index (χ3n) is 2.76. The number of carbonyl (C=O) groups is 1. The Hall–Kier alpha value is -2.96. The Kier molecular flexibility index (Phi) is 4.45. The predicted octanol–water partition coefficient (Wildman–Crippen LogP) is 1.66. The fourth-order valence-corrected chi connectivity index (χ4v) is 1.69. The molecule has 2 aromatic rings. The molecule has 0 aliphatic carbocycles.